The van der Waals surface area contributed by atoms with Crippen LogP contribution in [0.2, 0.25) is 0 Å². The van der Waals surface area contributed by atoms with E-state index < -0.39 is 0 Å². The van der Waals surface area contributed by atoms with Crippen LogP contribution in [0, 0.1) is 31.5 Å². The molecule has 0 nitrogen and oxygen atoms in total. The maximum atomic E-state index is 13.1. The minimum absolute atomic E-state index is 0.0926. The molecule has 1 aromatic rings. The van der Waals surface area contributed by atoms with E-state index in [2.05, 4.69) is 47.8 Å². The lowest BCUT2D eigenvalue weighted by molar-refractivity contribution is 0.492. The highest BCUT2D eigenvalue weighted by molar-refractivity contribution is 5.31. The second-order valence-electron chi connectivity index (χ2n) is 9.10. The van der Waals surface area contributed by atoms with Crippen LogP contribution < -0.4 is 0 Å². The third kappa shape index (κ3) is 18.0. The average molecular weight is 391 g/mol. The molecule has 28 heavy (non-hydrogen) atoms. The fourth-order valence-corrected chi connectivity index (χ4v) is 2.94. The van der Waals surface area contributed by atoms with E-state index in [0.717, 1.165) is 23.5 Å². The first-order chi connectivity index (χ1) is 12.9. The van der Waals surface area contributed by atoms with E-state index in [9.17, 15) is 4.39 Å². The molecule has 0 saturated carbocycles. The minimum atomic E-state index is -0.0926. The van der Waals surface area contributed by atoms with E-state index in [1.807, 2.05) is 33.8 Å². The Bertz CT molecular complexity index is 562. The number of hydrogen-bond donors (Lipinski definition) is 0. The molecule has 162 valence electrons. The fourth-order valence-electron chi connectivity index (χ4n) is 2.94. The number of hydrogen-bond acceptors (Lipinski definition) is 0. The Morgan fingerprint density at radius 3 is 1.93 bits per heavy atom. The van der Waals surface area contributed by atoms with Gasteiger partial charge in [-0.3, -0.25) is 0 Å². The van der Waals surface area contributed by atoms with Gasteiger partial charge in [0.25, 0.3) is 0 Å². The van der Waals surface area contributed by atoms with Crippen LogP contribution >= 0.6 is 0 Å². The van der Waals surface area contributed by atoms with Gasteiger partial charge in [-0.1, -0.05) is 70.6 Å². The van der Waals surface area contributed by atoms with Crippen molar-refractivity contribution in [2.75, 3.05) is 0 Å². The van der Waals surface area contributed by atoms with E-state index in [4.69, 9.17) is 0 Å². The summed E-state index contributed by atoms with van der Waals surface area (Å²) in [5.41, 5.74) is 5.58. The third-order valence-electron chi connectivity index (χ3n) is 4.24. The lowest BCUT2D eigenvalue weighted by Crippen LogP contribution is -1.98. The Balaban J connectivity index is 0. The van der Waals surface area contributed by atoms with Crippen LogP contribution in [-0.4, -0.2) is 0 Å². The number of allylic oxidation sites excluding steroid dienone is 2. The van der Waals surface area contributed by atoms with E-state index in [1.165, 1.54) is 48.8 Å². The number of unbranched alkanes of at least 4 members (excludes halogenated alkanes) is 2. The molecule has 0 spiro atoms. The SMILES string of the molecule is C=C(C)C.C=C(C)CC(C)CCCCC.Cc1cc(CC(C)C)c(C)cc1F. The molecule has 0 amide bonds. The van der Waals surface area contributed by atoms with Gasteiger partial charge in [0.1, 0.15) is 5.82 Å². The summed E-state index contributed by atoms with van der Waals surface area (Å²) >= 11 is 0. The second-order valence-corrected chi connectivity index (χ2v) is 9.10. The van der Waals surface area contributed by atoms with E-state index in [0.29, 0.717) is 5.92 Å². The summed E-state index contributed by atoms with van der Waals surface area (Å²) in [5, 5.41) is 0. The van der Waals surface area contributed by atoms with Crippen LogP contribution in [0.4, 0.5) is 4.39 Å². The van der Waals surface area contributed by atoms with E-state index >= 15 is 0 Å². The predicted octanol–water partition coefficient (Wildman–Crippen LogP) is 9.39. The second kappa shape index (κ2) is 16.6. The quantitative estimate of drug-likeness (QED) is 0.306. The topological polar surface area (TPSA) is 0 Å². The van der Waals surface area contributed by atoms with Gasteiger partial charge in [-0.05, 0) is 82.1 Å². The molecule has 1 unspecified atom stereocenters. The number of rotatable bonds is 8. The van der Waals surface area contributed by atoms with Crippen molar-refractivity contribution in [3.05, 3.63) is 58.9 Å². The molecule has 0 aliphatic rings. The normalized spacial score (nSPS) is 11.1. The molecular weight excluding hydrogens is 343 g/mol. The maximum absolute atomic E-state index is 13.1. The molecule has 0 heterocycles. The summed E-state index contributed by atoms with van der Waals surface area (Å²) in [5.74, 6) is 1.38. The van der Waals surface area contributed by atoms with Gasteiger partial charge in [0, 0.05) is 0 Å². The lowest BCUT2D eigenvalue weighted by atomic mass is 9.97. The molecule has 0 N–H and O–H groups in total. The molecule has 0 saturated heterocycles. The molecule has 0 fully saturated rings. The van der Waals surface area contributed by atoms with Gasteiger partial charge >= 0.3 is 0 Å². The lowest BCUT2D eigenvalue weighted by Gasteiger charge is -2.10. The van der Waals surface area contributed by atoms with Gasteiger partial charge in [0.2, 0.25) is 0 Å². The molecule has 0 radical (unpaired) electrons. The molecule has 1 heteroatoms. The Morgan fingerprint density at radius 2 is 1.50 bits per heavy atom. The summed E-state index contributed by atoms with van der Waals surface area (Å²) in [6, 6.07) is 3.59. The predicted molar refractivity (Wildman–Crippen MR) is 128 cm³/mol. The molecule has 0 aromatic heterocycles. The van der Waals surface area contributed by atoms with Crippen LogP contribution in [0.25, 0.3) is 0 Å². The zero-order valence-electron chi connectivity index (χ0n) is 20.3. The number of halogens is 1. The summed E-state index contributed by atoms with van der Waals surface area (Å²) in [4.78, 5) is 0. The first-order valence-corrected chi connectivity index (χ1v) is 10.9. The van der Waals surface area contributed by atoms with Crippen molar-refractivity contribution in [1.29, 1.82) is 0 Å². The van der Waals surface area contributed by atoms with Crippen molar-refractivity contribution in [3.63, 3.8) is 0 Å². The van der Waals surface area contributed by atoms with Gasteiger partial charge in [-0.15, -0.1) is 13.2 Å². The Labute approximate surface area is 176 Å². The highest BCUT2D eigenvalue weighted by Gasteiger charge is 2.05. The van der Waals surface area contributed by atoms with Crippen molar-refractivity contribution >= 4 is 0 Å². The van der Waals surface area contributed by atoms with Crippen molar-refractivity contribution in [1.82, 2.24) is 0 Å². The summed E-state index contributed by atoms with van der Waals surface area (Å²) in [6.07, 6.45) is 7.74. The first kappa shape index (κ1) is 28.8. The summed E-state index contributed by atoms with van der Waals surface area (Å²) in [6.45, 7) is 26.3. The molecule has 0 bridgehead atoms. The number of aryl methyl sites for hydroxylation is 2. The standard InChI is InChI=1S/C12H17F.C11H22.C4H8/c1-8(2)5-11-6-10(4)12(13)7-9(11)3;1-5-6-7-8-11(4)9-10(2)3;1-4(2)3/h6-8H,5H2,1-4H3;11H,2,5-9H2,1,3-4H3;1H2,2-3H3. The highest BCUT2D eigenvalue weighted by atomic mass is 19.1. The smallest absolute Gasteiger partial charge is 0.126 e. The molecule has 1 atom stereocenters. The molecule has 1 rings (SSSR count). The average Bonchev–Trinajstić information content (AvgIpc) is 2.52. The van der Waals surface area contributed by atoms with Crippen molar-refractivity contribution in [2.24, 2.45) is 11.8 Å². The van der Waals surface area contributed by atoms with Gasteiger partial charge in [0.05, 0.1) is 0 Å². The largest absolute Gasteiger partial charge is 0.207 e. The van der Waals surface area contributed by atoms with Crippen molar-refractivity contribution in [2.45, 2.75) is 101 Å². The fraction of sp³-hybridized carbons (Fsp3) is 0.630. The van der Waals surface area contributed by atoms with Gasteiger partial charge in [-0.25, -0.2) is 4.39 Å². The Kier molecular flexibility index (Phi) is 17.1. The molecule has 0 aliphatic carbocycles. The van der Waals surface area contributed by atoms with Crippen LogP contribution in [-0.2, 0) is 6.42 Å². The van der Waals surface area contributed by atoms with Gasteiger partial charge in [-0.2, -0.15) is 0 Å². The van der Waals surface area contributed by atoms with E-state index in [1.54, 1.807) is 6.07 Å². The first-order valence-electron chi connectivity index (χ1n) is 10.9. The molecular formula is C27H47F. The number of benzene rings is 1. The summed E-state index contributed by atoms with van der Waals surface area (Å²) < 4.78 is 13.1. The van der Waals surface area contributed by atoms with Crippen molar-refractivity contribution in [3.8, 4) is 0 Å². The van der Waals surface area contributed by atoms with Crippen molar-refractivity contribution < 1.29 is 4.39 Å². The molecule has 1 aromatic carbocycles. The van der Waals surface area contributed by atoms with Gasteiger partial charge in [0.15, 0.2) is 0 Å². The van der Waals surface area contributed by atoms with Crippen LogP contribution in [0.3, 0.4) is 0 Å². The van der Waals surface area contributed by atoms with E-state index in [-0.39, 0.29) is 5.82 Å². The van der Waals surface area contributed by atoms with Crippen LogP contribution in [0.5, 0.6) is 0 Å². The summed E-state index contributed by atoms with van der Waals surface area (Å²) in [7, 11) is 0. The third-order valence-corrected chi connectivity index (χ3v) is 4.24. The molecule has 0 aliphatic heterocycles. The highest BCUT2D eigenvalue weighted by Crippen LogP contribution is 2.18. The Hall–Kier alpha value is -1.37. The Morgan fingerprint density at radius 1 is 0.964 bits per heavy atom. The minimum Gasteiger partial charge on any atom is -0.207 e. The zero-order valence-corrected chi connectivity index (χ0v) is 20.3. The zero-order chi connectivity index (χ0) is 22.3. The van der Waals surface area contributed by atoms with Crippen LogP contribution in [0.15, 0.2) is 36.4 Å². The monoisotopic (exact) mass is 390 g/mol. The van der Waals surface area contributed by atoms with Crippen LogP contribution in [0.1, 0.15) is 97.3 Å². The van der Waals surface area contributed by atoms with Gasteiger partial charge < -0.3 is 0 Å². The maximum Gasteiger partial charge on any atom is 0.126 e.